The molecule has 0 aromatic carbocycles. The van der Waals surface area contributed by atoms with Crippen LogP contribution < -0.4 is 0 Å². The van der Waals surface area contributed by atoms with Crippen molar-refractivity contribution in [1.82, 2.24) is 0 Å². The van der Waals surface area contributed by atoms with Crippen LogP contribution in [0.2, 0.25) is 0 Å². The van der Waals surface area contributed by atoms with E-state index in [1.54, 1.807) is 0 Å². The first-order chi connectivity index (χ1) is 8.61. The van der Waals surface area contributed by atoms with Crippen molar-refractivity contribution in [2.24, 2.45) is 0 Å². The van der Waals surface area contributed by atoms with Crippen LogP contribution in [-0.4, -0.2) is 62.6 Å². The van der Waals surface area contributed by atoms with E-state index < -0.39 is 29.9 Å². The van der Waals surface area contributed by atoms with Crippen molar-refractivity contribution in [3.05, 3.63) is 0 Å². The fraction of sp³-hybridized carbons (Fsp3) is 1.00. The van der Waals surface area contributed by atoms with E-state index >= 15 is 0 Å². The van der Waals surface area contributed by atoms with E-state index in [0.29, 0.717) is 0 Å². The molecule has 4 N–H and O–H groups in total. The Bertz CT molecular complexity index is 227. The van der Waals surface area contributed by atoms with Crippen LogP contribution in [0.4, 0.5) is 0 Å². The van der Waals surface area contributed by atoms with Gasteiger partial charge in [-0.2, -0.15) is 0 Å². The maximum atomic E-state index is 9.79. The molecular formula is C12H24O5S. The minimum Gasteiger partial charge on any atom is -0.394 e. The predicted octanol–water partition coefficient (Wildman–Crippen LogP) is 0.0998. The van der Waals surface area contributed by atoms with Gasteiger partial charge in [-0.25, -0.2) is 0 Å². The van der Waals surface area contributed by atoms with Crippen molar-refractivity contribution < 1.29 is 25.2 Å². The van der Waals surface area contributed by atoms with E-state index in [1.807, 2.05) is 0 Å². The molecule has 5 atom stereocenters. The van der Waals surface area contributed by atoms with Gasteiger partial charge >= 0.3 is 0 Å². The molecule has 0 aliphatic carbocycles. The number of aliphatic hydroxyl groups excluding tert-OH is 4. The second kappa shape index (κ2) is 8.35. The molecule has 1 heterocycles. The first-order valence-corrected chi connectivity index (χ1v) is 7.58. The lowest BCUT2D eigenvalue weighted by Crippen LogP contribution is -2.57. The molecule has 1 aliphatic heterocycles. The van der Waals surface area contributed by atoms with Crippen LogP contribution in [0.25, 0.3) is 0 Å². The summed E-state index contributed by atoms with van der Waals surface area (Å²) in [7, 11) is 0. The molecule has 0 bridgehead atoms. The van der Waals surface area contributed by atoms with Crippen LogP contribution in [0.5, 0.6) is 0 Å². The van der Waals surface area contributed by atoms with Crippen LogP contribution in [0.15, 0.2) is 0 Å². The number of rotatable bonds is 7. The molecule has 0 unspecified atom stereocenters. The molecule has 1 saturated heterocycles. The predicted molar refractivity (Wildman–Crippen MR) is 70.4 cm³/mol. The van der Waals surface area contributed by atoms with Crippen LogP contribution >= 0.6 is 11.8 Å². The number of ether oxygens (including phenoxy) is 1. The fourth-order valence-corrected chi connectivity index (χ4v) is 3.12. The van der Waals surface area contributed by atoms with Gasteiger partial charge in [0.2, 0.25) is 0 Å². The summed E-state index contributed by atoms with van der Waals surface area (Å²) in [6.07, 6.45) is 0.107. The number of unbranched alkanes of at least 4 members (excludes halogenated alkanes) is 3. The van der Waals surface area contributed by atoms with Gasteiger partial charge < -0.3 is 25.2 Å². The van der Waals surface area contributed by atoms with E-state index in [0.717, 1.165) is 18.6 Å². The normalized spacial score (nSPS) is 36.8. The van der Waals surface area contributed by atoms with E-state index in [9.17, 15) is 15.3 Å². The van der Waals surface area contributed by atoms with Gasteiger partial charge in [0.25, 0.3) is 0 Å². The zero-order chi connectivity index (χ0) is 13.5. The Labute approximate surface area is 112 Å². The highest BCUT2D eigenvalue weighted by Gasteiger charge is 2.43. The van der Waals surface area contributed by atoms with Gasteiger partial charge in [-0.05, 0) is 12.2 Å². The van der Waals surface area contributed by atoms with Crippen LogP contribution in [0.1, 0.15) is 32.6 Å². The van der Waals surface area contributed by atoms with Crippen LogP contribution in [0, 0.1) is 0 Å². The van der Waals surface area contributed by atoms with Gasteiger partial charge in [0.1, 0.15) is 29.9 Å². The molecule has 0 spiro atoms. The van der Waals surface area contributed by atoms with Crippen molar-refractivity contribution in [3.63, 3.8) is 0 Å². The lowest BCUT2D eigenvalue weighted by Gasteiger charge is -2.39. The van der Waals surface area contributed by atoms with Crippen molar-refractivity contribution in [1.29, 1.82) is 0 Å². The molecule has 108 valence electrons. The van der Waals surface area contributed by atoms with Crippen LogP contribution in [0.3, 0.4) is 0 Å². The van der Waals surface area contributed by atoms with E-state index in [2.05, 4.69) is 6.92 Å². The molecular weight excluding hydrogens is 256 g/mol. The highest BCUT2D eigenvalue weighted by molar-refractivity contribution is 7.99. The number of hydrogen-bond donors (Lipinski definition) is 4. The van der Waals surface area contributed by atoms with Gasteiger partial charge in [0, 0.05) is 0 Å². The first kappa shape index (κ1) is 16.2. The van der Waals surface area contributed by atoms with Gasteiger partial charge in [0.15, 0.2) is 0 Å². The molecule has 6 heteroatoms. The molecule has 1 fully saturated rings. The Morgan fingerprint density at radius 2 is 1.72 bits per heavy atom. The maximum Gasteiger partial charge on any atom is 0.132 e. The van der Waals surface area contributed by atoms with E-state index in [1.165, 1.54) is 24.6 Å². The van der Waals surface area contributed by atoms with Gasteiger partial charge in [-0.1, -0.05) is 26.2 Å². The third-order valence-electron chi connectivity index (χ3n) is 3.13. The molecule has 0 aromatic rings. The summed E-state index contributed by atoms with van der Waals surface area (Å²) in [5.74, 6) is 0.836. The second-order valence-corrected chi connectivity index (χ2v) is 5.83. The lowest BCUT2D eigenvalue weighted by molar-refractivity contribution is -0.205. The average molecular weight is 280 g/mol. The van der Waals surface area contributed by atoms with Crippen molar-refractivity contribution in [2.75, 3.05) is 12.4 Å². The molecule has 5 nitrogen and oxygen atoms in total. The summed E-state index contributed by atoms with van der Waals surface area (Å²) in [6.45, 7) is 1.78. The first-order valence-electron chi connectivity index (χ1n) is 6.54. The Morgan fingerprint density at radius 1 is 1.00 bits per heavy atom. The summed E-state index contributed by atoms with van der Waals surface area (Å²) in [6, 6.07) is 0. The number of aliphatic hydroxyl groups is 4. The maximum absolute atomic E-state index is 9.79. The molecule has 1 rings (SSSR count). The zero-order valence-corrected chi connectivity index (χ0v) is 11.6. The summed E-state index contributed by atoms with van der Waals surface area (Å²) >= 11 is 1.43. The Morgan fingerprint density at radius 3 is 2.33 bits per heavy atom. The molecule has 0 amide bonds. The quantitative estimate of drug-likeness (QED) is 0.495. The minimum absolute atomic E-state index is 0.363. The minimum atomic E-state index is -1.26. The standard InChI is InChI=1S/C12H24O5S/c1-2-3-4-5-6-18-12-11(16)10(15)9(14)8(7-13)17-12/h8-16H,2-7H2,1H3/t8-,9-,10+,11+,12-/m1/s1. The summed E-state index contributed by atoms with van der Waals surface area (Å²) in [5.41, 5.74) is -0.581. The summed E-state index contributed by atoms with van der Waals surface area (Å²) in [4.78, 5) is 0. The van der Waals surface area contributed by atoms with Crippen molar-refractivity contribution >= 4 is 11.8 Å². The molecule has 18 heavy (non-hydrogen) atoms. The molecule has 0 aromatic heterocycles. The number of thioether (sulfide) groups is 1. The average Bonchev–Trinajstić information content (AvgIpc) is 2.38. The monoisotopic (exact) mass is 280 g/mol. The SMILES string of the molecule is CCCCCCS[C@H]1O[C@H](CO)[C@@H](O)[C@H](O)[C@@H]1O. The van der Waals surface area contributed by atoms with Crippen molar-refractivity contribution in [2.45, 2.75) is 62.5 Å². The smallest absolute Gasteiger partial charge is 0.132 e. The lowest BCUT2D eigenvalue weighted by atomic mass is 10.0. The fourth-order valence-electron chi connectivity index (χ4n) is 1.93. The Hall–Kier alpha value is 0.150. The van der Waals surface area contributed by atoms with Crippen molar-refractivity contribution in [3.8, 4) is 0 Å². The highest BCUT2D eigenvalue weighted by atomic mass is 32.2. The third kappa shape index (κ3) is 4.36. The third-order valence-corrected chi connectivity index (χ3v) is 4.37. The summed E-state index contributed by atoms with van der Waals surface area (Å²) in [5, 5.41) is 38.0. The second-order valence-electron chi connectivity index (χ2n) is 4.63. The molecule has 0 saturated carbocycles. The largest absolute Gasteiger partial charge is 0.394 e. The van der Waals surface area contributed by atoms with E-state index in [4.69, 9.17) is 9.84 Å². The topological polar surface area (TPSA) is 90.2 Å². The zero-order valence-electron chi connectivity index (χ0n) is 10.7. The van der Waals surface area contributed by atoms with Gasteiger partial charge in [-0.3, -0.25) is 0 Å². The summed E-state index contributed by atoms with van der Waals surface area (Å²) < 4.78 is 5.39. The van der Waals surface area contributed by atoms with Crippen LogP contribution in [-0.2, 0) is 4.74 Å². The highest BCUT2D eigenvalue weighted by Crippen LogP contribution is 2.29. The van der Waals surface area contributed by atoms with Gasteiger partial charge in [-0.15, -0.1) is 11.8 Å². The molecule has 0 radical (unpaired) electrons. The van der Waals surface area contributed by atoms with E-state index in [-0.39, 0.29) is 6.61 Å². The molecule has 1 aliphatic rings. The Balaban J connectivity index is 2.35. The van der Waals surface area contributed by atoms with Gasteiger partial charge in [0.05, 0.1) is 6.61 Å². The Kier molecular flexibility index (Phi) is 7.51. The number of hydrogen-bond acceptors (Lipinski definition) is 6.